The Hall–Kier alpha value is -8.31. The van der Waals surface area contributed by atoms with Gasteiger partial charge in [-0.05, 0) is 153 Å². The van der Waals surface area contributed by atoms with Crippen LogP contribution in [0, 0.1) is 41.4 Å². The Kier molecular flexibility index (Phi) is 33.4. The van der Waals surface area contributed by atoms with E-state index in [2.05, 4.69) is 56.4 Å². The summed E-state index contributed by atoms with van der Waals surface area (Å²) in [4.78, 5) is 55.3. The second-order valence-electron chi connectivity index (χ2n) is 22.1. The number of esters is 2. The van der Waals surface area contributed by atoms with Crippen LogP contribution in [0.1, 0.15) is 152 Å². The molecular formula is C62H66BCl4F5N19NaO7. The van der Waals surface area contributed by atoms with Gasteiger partial charge in [-0.1, -0.05) is 34.8 Å². The third-order valence-corrected chi connectivity index (χ3v) is 15.2. The maximum atomic E-state index is 14.2. The molecular weight excluding hydrogens is 1390 g/mol. The van der Waals surface area contributed by atoms with Gasteiger partial charge in [-0.25, -0.2) is 61.1 Å². The molecule has 0 aliphatic heterocycles. The fourth-order valence-electron chi connectivity index (χ4n) is 8.60. The van der Waals surface area contributed by atoms with Gasteiger partial charge in [0.25, 0.3) is 0 Å². The molecule has 9 aromatic heterocycles. The van der Waals surface area contributed by atoms with Crippen LogP contribution in [0.4, 0.5) is 33.6 Å². The molecule has 6 N–H and O–H groups in total. The number of nitrogens with two attached hydrogens (primary N) is 2. The molecule has 0 saturated heterocycles. The number of azide groups is 1. The van der Waals surface area contributed by atoms with Crippen LogP contribution in [0.3, 0.4) is 0 Å². The Bertz CT molecular complexity index is 4300. The van der Waals surface area contributed by atoms with E-state index in [9.17, 15) is 36.3 Å². The van der Waals surface area contributed by atoms with Gasteiger partial charge >= 0.3 is 48.6 Å². The minimum absolute atomic E-state index is 0. The molecule has 37 heteroatoms. The number of aromatic nitrogens is 11. The number of carbonyl (C=O) groups is 3. The molecule has 5 aliphatic rings. The van der Waals surface area contributed by atoms with Gasteiger partial charge in [0.1, 0.15) is 0 Å². The number of anilines is 2. The van der Waals surface area contributed by atoms with Gasteiger partial charge in [-0.2, -0.15) is 0 Å². The fourth-order valence-corrected chi connectivity index (χ4v) is 9.16. The third kappa shape index (κ3) is 27.0. The number of halogens is 9. The predicted molar refractivity (Wildman–Crippen MR) is 358 cm³/mol. The van der Waals surface area contributed by atoms with Crippen molar-refractivity contribution in [1.29, 1.82) is 0 Å². The van der Waals surface area contributed by atoms with E-state index in [4.69, 9.17) is 89.2 Å². The van der Waals surface area contributed by atoms with Gasteiger partial charge in [-0.15, -0.1) is 46.3 Å². The van der Waals surface area contributed by atoms with Gasteiger partial charge in [-0.3, -0.25) is 9.71 Å². The molecule has 0 aromatic carbocycles. The maximum Gasteiger partial charge on any atom is 1.00 e. The van der Waals surface area contributed by atoms with Crippen molar-refractivity contribution >= 4 is 99.8 Å². The number of pyridine rings is 5. The number of nitrogens with zero attached hydrogens (tertiary/aromatic N) is 17. The number of hydrogen-bond donors (Lipinski definition) is 4. The summed E-state index contributed by atoms with van der Waals surface area (Å²) < 4.78 is 82.5. The summed E-state index contributed by atoms with van der Waals surface area (Å²) in [5.41, 5.74) is 39.1. The van der Waals surface area contributed by atoms with Gasteiger partial charge in [0, 0.05) is 60.4 Å². The second kappa shape index (κ2) is 40.7. The van der Waals surface area contributed by atoms with Crippen LogP contribution < -0.4 is 41.0 Å². The first kappa shape index (κ1) is 81.4. The molecule has 0 atom stereocenters. The number of hydrogen-bond acceptors (Lipinski definition) is 17. The van der Waals surface area contributed by atoms with E-state index in [1.165, 1.54) is 40.9 Å². The molecule has 5 aliphatic carbocycles. The summed E-state index contributed by atoms with van der Waals surface area (Å²) in [6.45, 7) is 4.51. The molecule has 9 aromatic rings. The van der Waals surface area contributed by atoms with Crippen LogP contribution in [0.25, 0.3) is 43.4 Å². The molecule has 0 radical (unpaired) electrons. The van der Waals surface area contributed by atoms with Crippen LogP contribution in [-0.2, 0) is 38.0 Å². The zero-order chi connectivity index (χ0) is 71.6. The number of rotatable bonds is 15. The van der Waals surface area contributed by atoms with Crippen LogP contribution in [0.15, 0.2) is 91.2 Å². The van der Waals surface area contributed by atoms with Crippen molar-refractivity contribution in [2.24, 2.45) is 5.11 Å². The summed E-state index contributed by atoms with van der Waals surface area (Å²) in [5.74, 6) is 1.22. The molecule has 26 nitrogen and oxygen atoms in total. The number of Topliss-reactive ketones (excluding diaryl/α,β-unsaturated/α-hetero) is 1. The minimum atomic E-state index is -1.04. The first-order valence-corrected chi connectivity index (χ1v) is 32.2. The second-order valence-corrected chi connectivity index (χ2v) is 23.3. The van der Waals surface area contributed by atoms with E-state index >= 15 is 0 Å². The van der Waals surface area contributed by atoms with Crippen molar-refractivity contribution < 1.29 is 85.4 Å². The Balaban J connectivity index is 0.000000212. The zero-order valence-corrected chi connectivity index (χ0v) is 58.8. The molecule has 9 heterocycles. The number of ketones is 1. The van der Waals surface area contributed by atoms with E-state index in [1.54, 1.807) is 76.0 Å². The largest absolute Gasteiger partial charge is 1.00 e. The smallest absolute Gasteiger partial charge is 0.461 e. The summed E-state index contributed by atoms with van der Waals surface area (Å²) in [5, 5.41) is 27.8. The Morgan fingerprint density at radius 2 is 1.07 bits per heavy atom. The van der Waals surface area contributed by atoms with Crippen molar-refractivity contribution in [3.63, 3.8) is 0 Å². The van der Waals surface area contributed by atoms with Crippen molar-refractivity contribution in [1.82, 2.24) is 53.1 Å². The van der Waals surface area contributed by atoms with Gasteiger partial charge in [0.15, 0.2) is 69.1 Å². The number of fused-ring (bicyclic) bond motifs is 3. The first-order valence-electron chi connectivity index (χ1n) is 30.2. The third-order valence-electron chi connectivity index (χ3n) is 14.2. The van der Waals surface area contributed by atoms with Crippen molar-refractivity contribution in [2.75, 3.05) is 36.4 Å². The zero-order valence-electron chi connectivity index (χ0n) is 53.7. The maximum absolute atomic E-state index is 14.2. The number of terminal acetylenes is 1. The molecule has 0 bridgehead atoms. The fraction of sp³-hybridized carbons (Fsp3) is 0.387. The monoisotopic (exact) mass is 1460 g/mol. The number of ether oxygens (including phenoxy) is 2. The van der Waals surface area contributed by atoms with E-state index < -0.39 is 30.7 Å². The summed E-state index contributed by atoms with van der Waals surface area (Å²) in [6.07, 6.45) is 31.3. The number of imidazole rings is 3. The normalized spacial score (nSPS) is 13.5. The van der Waals surface area contributed by atoms with E-state index in [-0.39, 0.29) is 112 Å². The van der Waals surface area contributed by atoms with Crippen LogP contribution in [0.2, 0.25) is 10.8 Å². The summed E-state index contributed by atoms with van der Waals surface area (Å²) in [6, 6.07) is 7.32. The van der Waals surface area contributed by atoms with E-state index in [1.807, 2.05) is 18.6 Å². The topological polar surface area (TPSA) is 378 Å². The molecule has 5 fully saturated rings. The number of alkyl halides is 3. The molecule has 0 amide bonds. The Morgan fingerprint density at radius 1 is 0.646 bits per heavy atom. The van der Waals surface area contributed by atoms with Crippen LogP contribution in [-0.4, -0.2) is 113 Å². The van der Waals surface area contributed by atoms with E-state index in [0.717, 1.165) is 79.7 Å². The minimum Gasteiger partial charge on any atom is -0.461 e. The average Bonchev–Trinajstić information content (AvgIpc) is 1.66. The molecule has 99 heavy (non-hydrogen) atoms. The van der Waals surface area contributed by atoms with E-state index in [0.29, 0.717) is 71.1 Å². The number of nitrogen functional groups attached to an aromatic ring is 2. The van der Waals surface area contributed by atoms with Crippen LogP contribution >= 0.6 is 46.4 Å². The van der Waals surface area contributed by atoms with Crippen molar-refractivity contribution in [3.8, 4) is 12.3 Å². The van der Waals surface area contributed by atoms with Gasteiger partial charge < -0.3 is 55.3 Å². The predicted octanol–water partition coefficient (Wildman–Crippen LogP) is 10.3. The molecule has 5 saturated carbocycles. The molecule has 0 unspecified atom stereocenters. The standard InChI is InChI=1S/C16H16FN5O2.C11H10ClFN2.C11H10FN5.C8H9FN2.C5H4ClFN2.C5H6O2.C3H7BO2.C3H4Cl2O.N3.Na/c1-2-24-16(23)14-9-22(20-19-14)8-12-7-21-6-11(10-3-4-10)5-13(17)15(21)18-12;12-4-9-6-15-5-8(7-1-2-7)3-10(13)11(15)14-9;12-10-3-8(7-1-2-7)5-17-6-9(4-14-16-13)15-11(10)17;9-7-3-6(5-1-2-5)4-11-8(7)10;6-3-1-4(7)5(8)9-2-3;1-3-5(6)7-4-2;5-4(6)3-1-2-3;4-1-3(6)2-5;1-3-2;/h5-7,9-10H,2-4,8H2,1H3;3,5-7H,1-2,4H2;3,5-7H,1-2,4H2;3-5H,1-2H2,(H2,10,11);1-2H,(H2,8,9);1H,4H2,2H3;3,5-6H,1-2H2;1-2H2;;/q;;;;;;;;-1;+1. The van der Waals surface area contributed by atoms with Gasteiger partial charge in [0.2, 0.25) is 0 Å². The molecule has 518 valence electrons. The number of carbonyl (C=O) groups excluding carboxylic acids is 3. The van der Waals surface area contributed by atoms with Crippen LogP contribution in [0.5, 0.6) is 0 Å². The first-order chi connectivity index (χ1) is 47.0. The van der Waals surface area contributed by atoms with Gasteiger partial charge in [0.05, 0.1) is 72.2 Å². The average molecular weight is 1460 g/mol. The van der Waals surface area contributed by atoms with Crippen molar-refractivity contribution in [3.05, 3.63) is 192 Å². The Morgan fingerprint density at radius 3 is 1.43 bits per heavy atom. The molecule has 14 rings (SSSR count). The summed E-state index contributed by atoms with van der Waals surface area (Å²) >= 11 is 21.1. The SMILES string of the molecule is C#CC(=O)OCC.CCOC(=O)c1cn(Cc2cn3cc(C4CC4)cc(F)c3n2)nn1.Fc1cc(C2CC2)cn2cc(CCl)nc12.Nc1ncc(C2CC2)cc1F.Nc1ncc(Cl)cc1F.O=C(CCl)CCl.OB(O)C1CC1.[N-]=[N+]=NCc1cn2cc(C3CC3)cc(F)c2n1.[N-]=[N+]=[N-].[Na+]. The van der Waals surface area contributed by atoms with Crippen molar-refractivity contribution in [2.45, 2.75) is 127 Å². The summed E-state index contributed by atoms with van der Waals surface area (Å²) in [7, 11) is -1.04. The molecule has 0 spiro atoms. The quantitative estimate of drug-likeness (QED) is 0.00853. The Labute approximate surface area is 606 Å².